The molecule has 0 saturated carbocycles. The zero-order chi connectivity index (χ0) is 16.1. The highest BCUT2D eigenvalue weighted by Crippen LogP contribution is 2.22. The highest BCUT2D eigenvalue weighted by molar-refractivity contribution is 6.30. The van der Waals surface area contributed by atoms with Crippen LogP contribution in [0, 0.1) is 0 Å². The Hall–Kier alpha value is -2.85. The Labute approximate surface area is 138 Å². The average molecular weight is 325 g/mol. The molecular formula is C18H13ClN2O2. The van der Waals surface area contributed by atoms with Gasteiger partial charge in [0.05, 0.1) is 5.02 Å². The van der Waals surface area contributed by atoms with Crippen molar-refractivity contribution in [2.75, 3.05) is 5.32 Å². The lowest BCUT2D eigenvalue weighted by Gasteiger charge is -2.00. The van der Waals surface area contributed by atoms with Gasteiger partial charge in [-0.05, 0) is 30.3 Å². The maximum Gasteiger partial charge on any atom is 0.249 e. The van der Waals surface area contributed by atoms with Gasteiger partial charge in [-0.3, -0.25) is 4.79 Å². The van der Waals surface area contributed by atoms with E-state index in [2.05, 4.69) is 10.3 Å². The van der Waals surface area contributed by atoms with Crippen molar-refractivity contribution in [1.82, 2.24) is 4.98 Å². The van der Waals surface area contributed by atoms with E-state index in [0.29, 0.717) is 16.6 Å². The third-order valence-electron chi connectivity index (χ3n) is 3.06. The summed E-state index contributed by atoms with van der Waals surface area (Å²) >= 11 is 5.74. The molecule has 3 rings (SSSR count). The van der Waals surface area contributed by atoms with E-state index in [1.54, 1.807) is 18.2 Å². The molecule has 0 radical (unpaired) electrons. The van der Waals surface area contributed by atoms with Crippen LogP contribution in [0.3, 0.4) is 0 Å². The highest BCUT2D eigenvalue weighted by Gasteiger charge is 2.03. The lowest BCUT2D eigenvalue weighted by Crippen LogP contribution is -2.08. The summed E-state index contributed by atoms with van der Waals surface area (Å²) in [7, 11) is 0. The van der Waals surface area contributed by atoms with Gasteiger partial charge in [0.25, 0.3) is 0 Å². The average Bonchev–Trinajstić information content (AvgIpc) is 3.05. The second-order valence-corrected chi connectivity index (χ2v) is 5.19. The Bertz CT molecular complexity index is 824. The van der Waals surface area contributed by atoms with Gasteiger partial charge in [0, 0.05) is 17.8 Å². The van der Waals surface area contributed by atoms with E-state index in [1.807, 2.05) is 42.5 Å². The van der Waals surface area contributed by atoms with Gasteiger partial charge in [-0.2, -0.15) is 0 Å². The summed E-state index contributed by atoms with van der Waals surface area (Å²) in [5.74, 6) is 1.50. The number of carbonyl (C=O) groups excluding carboxylic acids is 1. The predicted molar refractivity (Wildman–Crippen MR) is 91.1 cm³/mol. The van der Waals surface area contributed by atoms with Crippen LogP contribution in [0.5, 0.6) is 0 Å². The van der Waals surface area contributed by atoms with Crippen molar-refractivity contribution in [2.45, 2.75) is 0 Å². The van der Waals surface area contributed by atoms with Gasteiger partial charge >= 0.3 is 0 Å². The molecule has 0 saturated heterocycles. The molecule has 1 aromatic carbocycles. The number of pyridine rings is 1. The van der Waals surface area contributed by atoms with Crippen molar-refractivity contribution in [3.05, 3.63) is 77.7 Å². The van der Waals surface area contributed by atoms with Crippen molar-refractivity contribution in [2.24, 2.45) is 0 Å². The first kappa shape index (κ1) is 15.1. The number of rotatable bonds is 4. The molecule has 0 unspecified atom stereocenters. The van der Waals surface area contributed by atoms with Gasteiger partial charge in [-0.1, -0.05) is 41.9 Å². The maximum absolute atomic E-state index is 11.8. The molecule has 4 nitrogen and oxygen atoms in total. The quantitative estimate of drug-likeness (QED) is 0.711. The molecule has 0 aliphatic carbocycles. The van der Waals surface area contributed by atoms with Gasteiger partial charge in [0.15, 0.2) is 0 Å². The Morgan fingerprint density at radius 1 is 1.09 bits per heavy atom. The van der Waals surface area contributed by atoms with Gasteiger partial charge < -0.3 is 9.73 Å². The van der Waals surface area contributed by atoms with E-state index in [1.165, 1.54) is 12.3 Å². The van der Waals surface area contributed by atoms with Gasteiger partial charge in [-0.25, -0.2) is 4.98 Å². The smallest absolute Gasteiger partial charge is 0.249 e. The fraction of sp³-hybridized carbons (Fsp3) is 0. The molecule has 0 aliphatic heterocycles. The molecule has 2 aromatic heterocycles. The monoisotopic (exact) mass is 324 g/mol. The van der Waals surface area contributed by atoms with Crippen molar-refractivity contribution in [3.8, 4) is 11.3 Å². The zero-order valence-corrected chi connectivity index (χ0v) is 12.8. The van der Waals surface area contributed by atoms with Crippen molar-refractivity contribution in [3.63, 3.8) is 0 Å². The van der Waals surface area contributed by atoms with Crippen LogP contribution in [-0.2, 0) is 4.79 Å². The van der Waals surface area contributed by atoms with Crippen LogP contribution in [0.2, 0.25) is 5.02 Å². The third-order valence-corrected chi connectivity index (χ3v) is 3.29. The number of nitrogens with zero attached hydrogens (tertiary/aromatic N) is 1. The van der Waals surface area contributed by atoms with E-state index in [-0.39, 0.29) is 5.91 Å². The minimum atomic E-state index is -0.294. The molecule has 1 amide bonds. The Balaban J connectivity index is 1.65. The van der Waals surface area contributed by atoms with E-state index in [4.69, 9.17) is 16.0 Å². The lowest BCUT2D eigenvalue weighted by molar-refractivity contribution is -0.111. The molecule has 2 heterocycles. The summed E-state index contributed by atoms with van der Waals surface area (Å²) in [6, 6.07) is 16.7. The first-order chi connectivity index (χ1) is 11.2. The summed E-state index contributed by atoms with van der Waals surface area (Å²) in [6.45, 7) is 0. The van der Waals surface area contributed by atoms with Crippen LogP contribution >= 0.6 is 11.6 Å². The van der Waals surface area contributed by atoms with Crippen LogP contribution in [-0.4, -0.2) is 10.9 Å². The second kappa shape index (κ2) is 6.94. The SMILES string of the molecule is O=C(/C=C/c1ccc(-c2ccccc2)o1)Nc1ccc(Cl)cn1. The van der Waals surface area contributed by atoms with E-state index in [9.17, 15) is 4.79 Å². The molecule has 3 aromatic rings. The third kappa shape index (κ3) is 4.08. The topological polar surface area (TPSA) is 55.1 Å². The zero-order valence-electron chi connectivity index (χ0n) is 12.1. The summed E-state index contributed by atoms with van der Waals surface area (Å²) in [5.41, 5.74) is 0.988. The molecule has 0 bridgehead atoms. The molecule has 0 aliphatic rings. The normalized spacial score (nSPS) is 10.8. The first-order valence-electron chi connectivity index (χ1n) is 6.96. The number of amides is 1. The minimum Gasteiger partial charge on any atom is -0.457 e. The minimum absolute atomic E-state index is 0.294. The number of aromatic nitrogens is 1. The summed E-state index contributed by atoms with van der Waals surface area (Å²) < 4.78 is 5.69. The van der Waals surface area contributed by atoms with Crippen LogP contribution in [0.1, 0.15) is 5.76 Å². The Kier molecular flexibility index (Phi) is 4.54. The van der Waals surface area contributed by atoms with Crippen molar-refractivity contribution in [1.29, 1.82) is 0 Å². The van der Waals surface area contributed by atoms with Crippen LogP contribution < -0.4 is 5.32 Å². The lowest BCUT2D eigenvalue weighted by atomic mass is 10.2. The van der Waals surface area contributed by atoms with Crippen LogP contribution in [0.15, 0.2) is 71.3 Å². The van der Waals surface area contributed by atoms with Gasteiger partial charge in [0.1, 0.15) is 17.3 Å². The molecule has 5 heteroatoms. The molecule has 0 atom stereocenters. The number of benzene rings is 1. The molecule has 23 heavy (non-hydrogen) atoms. The van der Waals surface area contributed by atoms with Crippen LogP contribution in [0.4, 0.5) is 5.82 Å². The summed E-state index contributed by atoms with van der Waals surface area (Å²) in [4.78, 5) is 15.8. The standard InChI is InChI=1S/C18H13ClN2O2/c19-14-6-10-17(20-12-14)21-18(22)11-8-15-7-9-16(23-15)13-4-2-1-3-5-13/h1-12H,(H,20,21,22)/b11-8+. The highest BCUT2D eigenvalue weighted by atomic mass is 35.5. The number of anilines is 1. The summed E-state index contributed by atoms with van der Waals surface area (Å²) in [6.07, 6.45) is 4.47. The number of hydrogen-bond acceptors (Lipinski definition) is 3. The fourth-order valence-corrected chi connectivity index (χ4v) is 2.09. The largest absolute Gasteiger partial charge is 0.457 e. The van der Waals surface area contributed by atoms with Gasteiger partial charge in [0.2, 0.25) is 5.91 Å². The molecule has 0 spiro atoms. The molecule has 114 valence electrons. The van der Waals surface area contributed by atoms with E-state index in [0.717, 1.165) is 11.3 Å². The van der Waals surface area contributed by atoms with Crippen molar-refractivity contribution < 1.29 is 9.21 Å². The first-order valence-corrected chi connectivity index (χ1v) is 7.34. The second-order valence-electron chi connectivity index (χ2n) is 4.75. The summed E-state index contributed by atoms with van der Waals surface area (Å²) in [5, 5.41) is 3.16. The number of hydrogen-bond donors (Lipinski definition) is 1. The predicted octanol–water partition coefficient (Wildman–Crippen LogP) is 4.65. The van der Waals surface area contributed by atoms with Gasteiger partial charge in [-0.15, -0.1) is 0 Å². The molecule has 0 fully saturated rings. The number of nitrogens with one attached hydrogen (secondary N) is 1. The Morgan fingerprint density at radius 2 is 1.91 bits per heavy atom. The number of furan rings is 1. The molecular weight excluding hydrogens is 312 g/mol. The van der Waals surface area contributed by atoms with E-state index >= 15 is 0 Å². The van der Waals surface area contributed by atoms with Crippen LogP contribution in [0.25, 0.3) is 17.4 Å². The number of carbonyl (C=O) groups is 1. The van der Waals surface area contributed by atoms with E-state index < -0.39 is 0 Å². The van der Waals surface area contributed by atoms with Crippen molar-refractivity contribution >= 4 is 29.4 Å². The maximum atomic E-state index is 11.8. The number of halogens is 1. The molecule has 1 N–H and O–H groups in total. The fourth-order valence-electron chi connectivity index (χ4n) is 1.98. The Morgan fingerprint density at radius 3 is 2.65 bits per heavy atom.